The Morgan fingerprint density at radius 2 is 2.07 bits per heavy atom. The molecule has 1 fully saturated rings. The van der Waals surface area contributed by atoms with Crippen molar-refractivity contribution < 1.29 is 28.9 Å². The van der Waals surface area contributed by atoms with Gasteiger partial charge >= 0.3 is 7.75 Å². The third-order valence-electron chi connectivity index (χ3n) is 4.50. The molecule has 1 aliphatic heterocycles. The van der Waals surface area contributed by atoms with E-state index in [2.05, 4.69) is 15.0 Å². The molecule has 150 valence electrons. The fourth-order valence-electron chi connectivity index (χ4n) is 2.94. The summed E-state index contributed by atoms with van der Waals surface area (Å²) in [5, 5.41) is 28.7. The Hall–Kier alpha value is -2.41. The molecule has 0 aliphatic carbocycles. The van der Waals surface area contributed by atoms with Gasteiger partial charge in [0.1, 0.15) is 30.2 Å². The van der Waals surface area contributed by atoms with E-state index in [4.69, 9.17) is 14.7 Å². The van der Waals surface area contributed by atoms with E-state index < -0.39 is 38.9 Å². The lowest BCUT2D eigenvalue weighted by atomic mass is 10.1. The number of nitrogens with one attached hydrogen (secondary N) is 1. The van der Waals surface area contributed by atoms with Gasteiger partial charge < -0.3 is 24.4 Å². The molecule has 0 amide bonds. The van der Waals surface area contributed by atoms with Crippen LogP contribution in [-0.4, -0.2) is 68.4 Å². The van der Waals surface area contributed by atoms with Crippen molar-refractivity contribution in [3.05, 3.63) is 36.9 Å². The van der Waals surface area contributed by atoms with E-state index in [1.54, 1.807) is 7.05 Å². The van der Waals surface area contributed by atoms with Crippen LogP contribution in [0.5, 0.6) is 0 Å². The van der Waals surface area contributed by atoms with Gasteiger partial charge in [-0.3, -0.25) is 14.5 Å². The van der Waals surface area contributed by atoms with Crippen LogP contribution in [0.1, 0.15) is 6.23 Å². The van der Waals surface area contributed by atoms with Gasteiger partial charge in [0.2, 0.25) is 0 Å². The highest BCUT2D eigenvalue weighted by Crippen LogP contribution is 2.44. The van der Waals surface area contributed by atoms with Crippen LogP contribution >= 0.6 is 7.75 Å². The molecule has 14 heteroatoms. The zero-order valence-corrected chi connectivity index (χ0v) is 15.5. The highest BCUT2D eigenvalue weighted by molar-refractivity contribution is 7.51. The predicted octanol–water partition coefficient (Wildman–Crippen LogP) is -1.27. The number of fused-ring (bicyclic) bond motifs is 1. The number of imidazole rings is 2. The third kappa shape index (κ3) is 3.07. The summed E-state index contributed by atoms with van der Waals surface area (Å²) in [6.07, 6.45) is 1.64. The zero-order chi connectivity index (χ0) is 20.1. The first-order valence-electron chi connectivity index (χ1n) is 8.20. The highest BCUT2D eigenvalue weighted by atomic mass is 31.2. The van der Waals surface area contributed by atoms with Crippen molar-refractivity contribution in [3.8, 4) is 0 Å². The first-order valence-corrected chi connectivity index (χ1v) is 9.73. The van der Waals surface area contributed by atoms with E-state index in [0.717, 1.165) is 10.7 Å². The van der Waals surface area contributed by atoms with E-state index in [0.29, 0.717) is 11.2 Å². The number of ether oxygens (including phenoxy) is 1. The normalized spacial score (nSPS) is 27.3. The fraction of sp³-hybridized carbons (Fsp3) is 0.429. The molecule has 3 aromatic rings. The Kier molecular flexibility index (Phi) is 4.65. The molecule has 1 saturated heterocycles. The topological polar surface area (TPSA) is 174 Å². The number of hydrogen-bond donors (Lipinski definition) is 4. The van der Waals surface area contributed by atoms with Crippen molar-refractivity contribution in [1.82, 2.24) is 28.4 Å². The molecular weight excluding hydrogens is 393 g/mol. The zero-order valence-electron chi connectivity index (χ0n) is 14.6. The molecule has 4 N–H and O–H groups in total. The Morgan fingerprint density at radius 3 is 2.79 bits per heavy atom. The van der Waals surface area contributed by atoms with Crippen molar-refractivity contribution in [2.24, 2.45) is 7.05 Å². The Balaban J connectivity index is 1.55. The third-order valence-corrected chi connectivity index (χ3v) is 5.80. The van der Waals surface area contributed by atoms with Gasteiger partial charge in [-0.1, -0.05) is 0 Å². The maximum absolute atomic E-state index is 12.2. The Morgan fingerprint density at radius 1 is 1.29 bits per heavy atom. The van der Waals surface area contributed by atoms with Crippen molar-refractivity contribution in [2.45, 2.75) is 24.5 Å². The SMILES string of the molecule is Cn1cnc2c(ncn2[C@@H]2O[C@H](COP(=O)(O)n3ccnc3)[C@@H](O)[C@H]2O)c1=N. The van der Waals surface area contributed by atoms with Gasteiger partial charge in [-0.25, -0.2) is 23.9 Å². The fourth-order valence-corrected chi connectivity index (χ4v) is 3.83. The van der Waals surface area contributed by atoms with Crippen LogP contribution in [0, 0.1) is 5.41 Å². The summed E-state index contributed by atoms with van der Waals surface area (Å²) >= 11 is 0. The van der Waals surface area contributed by atoms with Crippen molar-refractivity contribution in [2.75, 3.05) is 6.61 Å². The maximum atomic E-state index is 12.2. The Bertz CT molecular complexity index is 1100. The molecule has 5 atom stereocenters. The average molecular weight is 411 g/mol. The summed E-state index contributed by atoms with van der Waals surface area (Å²) in [6.45, 7) is -0.445. The maximum Gasteiger partial charge on any atom is 0.437 e. The lowest BCUT2D eigenvalue weighted by Crippen LogP contribution is -2.33. The second-order valence-corrected chi connectivity index (χ2v) is 8.00. The molecule has 13 nitrogen and oxygen atoms in total. The summed E-state index contributed by atoms with van der Waals surface area (Å²) in [5.41, 5.74) is 0.723. The number of aliphatic hydroxyl groups excluding tert-OH is 2. The van der Waals surface area contributed by atoms with Crippen LogP contribution in [0.15, 0.2) is 31.4 Å². The molecule has 28 heavy (non-hydrogen) atoms. The number of aliphatic hydroxyl groups is 2. The van der Waals surface area contributed by atoms with Crippen molar-refractivity contribution in [1.29, 1.82) is 5.41 Å². The van der Waals surface area contributed by atoms with Crippen LogP contribution in [-0.2, 0) is 20.9 Å². The summed E-state index contributed by atoms with van der Waals surface area (Å²) in [4.78, 5) is 21.9. The van der Waals surface area contributed by atoms with Gasteiger partial charge in [-0.15, -0.1) is 0 Å². The molecule has 0 saturated carbocycles. The summed E-state index contributed by atoms with van der Waals surface area (Å²) in [6, 6.07) is 0. The lowest BCUT2D eigenvalue weighted by Gasteiger charge is -2.18. The molecule has 3 aromatic heterocycles. The highest BCUT2D eigenvalue weighted by Gasteiger charge is 2.45. The minimum absolute atomic E-state index is 0.123. The smallest absolute Gasteiger partial charge is 0.387 e. The standard InChI is InChI=1S/C14H18N7O6P/c1-19-6-18-13-9(12(19)15)17-7-21(13)14-11(23)10(22)8(27-14)4-26-28(24,25)20-3-2-16-5-20/h2-3,5-8,10-11,14-15,22-23H,4H2,1H3,(H,24,25)/t8-,10-,11-,14-/m1/s1. The van der Waals surface area contributed by atoms with E-state index in [1.807, 2.05) is 0 Å². The van der Waals surface area contributed by atoms with Crippen LogP contribution in [0.2, 0.25) is 0 Å². The first kappa shape index (κ1) is 18.9. The van der Waals surface area contributed by atoms with Gasteiger partial charge in [0, 0.05) is 19.4 Å². The van der Waals surface area contributed by atoms with Gasteiger partial charge in [0.15, 0.2) is 17.4 Å². The van der Waals surface area contributed by atoms with Crippen LogP contribution in [0.25, 0.3) is 11.2 Å². The molecule has 1 unspecified atom stereocenters. The molecule has 0 aromatic carbocycles. The van der Waals surface area contributed by atoms with Crippen molar-refractivity contribution >= 4 is 18.9 Å². The molecule has 4 rings (SSSR count). The quantitative estimate of drug-likeness (QED) is 0.373. The van der Waals surface area contributed by atoms with Gasteiger partial charge in [0.25, 0.3) is 0 Å². The first-order chi connectivity index (χ1) is 13.3. The van der Waals surface area contributed by atoms with Crippen molar-refractivity contribution in [3.63, 3.8) is 0 Å². The minimum Gasteiger partial charge on any atom is -0.387 e. The summed E-state index contributed by atoms with van der Waals surface area (Å²) in [7, 11) is -2.55. The monoisotopic (exact) mass is 411 g/mol. The van der Waals surface area contributed by atoms with E-state index in [9.17, 15) is 19.7 Å². The number of rotatable bonds is 5. The largest absolute Gasteiger partial charge is 0.437 e. The number of aryl methyl sites for hydroxylation is 1. The minimum atomic E-state index is -4.20. The molecular formula is C14H18N7O6P. The van der Waals surface area contributed by atoms with Crippen LogP contribution in [0.3, 0.4) is 0 Å². The van der Waals surface area contributed by atoms with Gasteiger partial charge in [0.05, 0.1) is 19.3 Å². The van der Waals surface area contributed by atoms with Gasteiger partial charge in [-0.2, -0.15) is 0 Å². The van der Waals surface area contributed by atoms with E-state index >= 15 is 0 Å². The predicted molar refractivity (Wildman–Crippen MR) is 91.7 cm³/mol. The summed E-state index contributed by atoms with van der Waals surface area (Å²) < 4.78 is 26.7. The molecule has 1 aliphatic rings. The second-order valence-electron chi connectivity index (χ2n) is 6.30. The van der Waals surface area contributed by atoms with Gasteiger partial charge in [-0.05, 0) is 0 Å². The second kappa shape index (κ2) is 6.88. The molecule has 4 heterocycles. The number of aromatic nitrogens is 6. The molecule has 0 bridgehead atoms. The summed E-state index contributed by atoms with van der Waals surface area (Å²) in [5.74, 6) is 0. The lowest BCUT2D eigenvalue weighted by molar-refractivity contribution is -0.0487. The van der Waals surface area contributed by atoms with E-state index in [1.165, 1.54) is 34.2 Å². The Labute approximate surface area is 157 Å². The number of nitrogens with zero attached hydrogens (tertiary/aromatic N) is 6. The van der Waals surface area contributed by atoms with E-state index in [-0.39, 0.29) is 5.49 Å². The van der Waals surface area contributed by atoms with Crippen LogP contribution in [0.4, 0.5) is 0 Å². The molecule has 0 spiro atoms. The molecule has 0 radical (unpaired) electrons. The number of hydrogen-bond acceptors (Lipinski definition) is 9. The average Bonchev–Trinajstić information content (AvgIpc) is 3.39. The van der Waals surface area contributed by atoms with Crippen LogP contribution < -0.4 is 5.49 Å².